The topological polar surface area (TPSA) is 111 Å². The van der Waals surface area contributed by atoms with Gasteiger partial charge in [0.1, 0.15) is 10.8 Å². The van der Waals surface area contributed by atoms with E-state index in [0.717, 1.165) is 38.9 Å². The Morgan fingerprint density at radius 1 is 0.854 bits per heavy atom. The van der Waals surface area contributed by atoms with E-state index in [2.05, 4.69) is 26.3 Å². The second-order valence-corrected chi connectivity index (χ2v) is 12.3. The smallest absolute Gasteiger partial charge is 0.271 e. The van der Waals surface area contributed by atoms with Crippen molar-refractivity contribution in [2.24, 2.45) is 0 Å². The summed E-state index contributed by atoms with van der Waals surface area (Å²) in [7, 11) is 0. The highest BCUT2D eigenvalue weighted by atomic mass is 35.5. The van der Waals surface area contributed by atoms with Gasteiger partial charge in [-0.1, -0.05) is 102 Å². The van der Waals surface area contributed by atoms with Crippen LogP contribution in [0, 0.1) is 0 Å². The van der Waals surface area contributed by atoms with Crippen LogP contribution in [0.5, 0.6) is 0 Å². The SMILES string of the molecule is O=C(NCc1cccc(-c2ccc(C3OC(Cn4cnc(Cl)c4Cl)CC(c4ccc(CO)cc4)O3)cc2)c1)c1cnc2ccccc2n1. The van der Waals surface area contributed by atoms with Gasteiger partial charge in [-0.25, -0.2) is 9.97 Å². The number of aliphatic hydroxyl groups excluding tert-OH is 1. The third kappa shape index (κ3) is 7.11. The summed E-state index contributed by atoms with van der Waals surface area (Å²) in [6.45, 7) is 0.778. The van der Waals surface area contributed by atoms with E-state index in [1.54, 1.807) is 10.9 Å². The van der Waals surface area contributed by atoms with Gasteiger partial charge in [-0.15, -0.1) is 0 Å². The number of fused-ring (bicyclic) bond motifs is 1. The van der Waals surface area contributed by atoms with Gasteiger partial charge >= 0.3 is 0 Å². The van der Waals surface area contributed by atoms with Gasteiger partial charge in [-0.2, -0.15) is 0 Å². The second kappa shape index (κ2) is 14.2. The standard InChI is InChI=1S/C37H31Cl2N5O4/c38-34-35(39)44(22-42-34)20-29-17-33(26-10-8-23(21-45)9-11-26)48-37(47-29)27-14-12-25(13-15-27)28-5-3-4-24(16-28)18-41-36(46)32-19-40-30-6-1-2-7-31(30)43-32/h1-16,19,22,29,33,37,45H,17-18,20-21H2,(H,41,46). The Morgan fingerprint density at radius 3 is 2.38 bits per heavy atom. The first-order valence-electron chi connectivity index (χ1n) is 15.5. The fourth-order valence-corrected chi connectivity index (χ4v) is 6.07. The number of carbonyl (C=O) groups is 1. The first kappa shape index (κ1) is 31.9. The number of imidazole rings is 1. The number of nitrogens with zero attached hydrogens (tertiary/aromatic N) is 4. The minimum atomic E-state index is -0.627. The van der Waals surface area contributed by atoms with Crippen LogP contribution in [-0.2, 0) is 29.2 Å². The number of aliphatic hydroxyl groups is 1. The Morgan fingerprint density at radius 2 is 1.62 bits per heavy atom. The fraction of sp³-hybridized carbons (Fsp3) is 0.189. The summed E-state index contributed by atoms with van der Waals surface area (Å²) in [6.07, 6.45) is 2.59. The van der Waals surface area contributed by atoms with Crippen LogP contribution in [-0.4, -0.2) is 36.6 Å². The Labute approximate surface area is 287 Å². The van der Waals surface area contributed by atoms with E-state index in [1.165, 1.54) is 6.20 Å². The fourth-order valence-electron chi connectivity index (χ4n) is 5.76. The maximum Gasteiger partial charge on any atom is 0.271 e. The Hall–Kier alpha value is -4.64. The van der Waals surface area contributed by atoms with Crippen molar-refractivity contribution >= 4 is 40.1 Å². The van der Waals surface area contributed by atoms with Crippen molar-refractivity contribution in [3.05, 3.63) is 148 Å². The summed E-state index contributed by atoms with van der Waals surface area (Å²) >= 11 is 12.5. The summed E-state index contributed by atoms with van der Waals surface area (Å²) in [5, 5.41) is 13.1. The number of nitrogens with one attached hydrogen (secondary N) is 1. The molecule has 0 spiro atoms. The summed E-state index contributed by atoms with van der Waals surface area (Å²) < 4.78 is 14.7. The first-order valence-corrected chi connectivity index (χ1v) is 16.2. The number of amides is 1. The minimum absolute atomic E-state index is 0.0234. The summed E-state index contributed by atoms with van der Waals surface area (Å²) in [6, 6.07) is 31.3. The number of rotatable bonds is 9. The van der Waals surface area contributed by atoms with Crippen molar-refractivity contribution in [3.8, 4) is 11.1 Å². The van der Waals surface area contributed by atoms with Gasteiger partial charge in [-0.05, 0) is 46.0 Å². The molecule has 3 heterocycles. The van der Waals surface area contributed by atoms with Crippen molar-refractivity contribution in [1.82, 2.24) is 24.8 Å². The van der Waals surface area contributed by atoms with Crippen LogP contribution < -0.4 is 5.32 Å². The molecule has 1 aliphatic heterocycles. The number of aromatic nitrogens is 4. The number of benzene rings is 4. The molecule has 0 aliphatic carbocycles. The molecule has 1 fully saturated rings. The summed E-state index contributed by atoms with van der Waals surface area (Å²) in [4.78, 5) is 25.7. The molecular weight excluding hydrogens is 649 g/mol. The average Bonchev–Trinajstić information content (AvgIpc) is 3.45. The molecule has 0 saturated carbocycles. The zero-order chi connectivity index (χ0) is 33.0. The molecule has 1 amide bonds. The monoisotopic (exact) mass is 679 g/mol. The molecule has 48 heavy (non-hydrogen) atoms. The average molecular weight is 681 g/mol. The van der Waals surface area contributed by atoms with Crippen LogP contribution in [0.15, 0.2) is 110 Å². The van der Waals surface area contributed by atoms with Gasteiger partial charge in [0.05, 0.1) is 48.9 Å². The Kier molecular flexibility index (Phi) is 9.47. The molecule has 7 rings (SSSR count). The second-order valence-electron chi connectivity index (χ2n) is 11.6. The van der Waals surface area contributed by atoms with E-state index in [0.29, 0.717) is 30.2 Å². The predicted octanol–water partition coefficient (Wildman–Crippen LogP) is 7.47. The molecule has 2 N–H and O–H groups in total. The molecule has 6 aromatic rings. The van der Waals surface area contributed by atoms with Crippen LogP contribution in [0.4, 0.5) is 0 Å². The number of ether oxygens (including phenoxy) is 2. The van der Waals surface area contributed by atoms with Crippen LogP contribution in [0.25, 0.3) is 22.2 Å². The van der Waals surface area contributed by atoms with E-state index in [1.807, 2.05) is 91.0 Å². The zero-order valence-corrected chi connectivity index (χ0v) is 27.2. The highest BCUT2D eigenvalue weighted by molar-refractivity contribution is 6.40. The van der Waals surface area contributed by atoms with Crippen LogP contribution in [0.3, 0.4) is 0 Å². The summed E-state index contributed by atoms with van der Waals surface area (Å²) in [5.74, 6) is -0.283. The molecule has 0 bridgehead atoms. The molecule has 0 radical (unpaired) electrons. The van der Waals surface area contributed by atoms with Crippen molar-refractivity contribution in [2.75, 3.05) is 0 Å². The van der Waals surface area contributed by atoms with E-state index in [-0.39, 0.29) is 35.6 Å². The number of hydrogen-bond acceptors (Lipinski definition) is 7. The highest BCUT2D eigenvalue weighted by Crippen LogP contribution is 2.39. The quantitative estimate of drug-likeness (QED) is 0.163. The van der Waals surface area contributed by atoms with Crippen LogP contribution in [0.1, 0.15) is 51.6 Å². The third-order valence-corrected chi connectivity index (χ3v) is 9.10. The Bertz CT molecular complexity index is 2050. The third-order valence-electron chi connectivity index (χ3n) is 8.33. The van der Waals surface area contributed by atoms with Gasteiger partial charge in [-0.3, -0.25) is 9.78 Å². The lowest BCUT2D eigenvalue weighted by molar-refractivity contribution is -0.252. The van der Waals surface area contributed by atoms with Gasteiger partial charge in [0, 0.05) is 18.5 Å². The molecule has 242 valence electrons. The number of para-hydroxylation sites is 2. The van der Waals surface area contributed by atoms with Crippen molar-refractivity contribution in [2.45, 2.75) is 44.6 Å². The molecular formula is C37H31Cl2N5O4. The van der Waals surface area contributed by atoms with E-state index in [9.17, 15) is 9.90 Å². The zero-order valence-electron chi connectivity index (χ0n) is 25.7. The molecule has 9 nitrogen and oxygen atoms in total. The molecule has 1 saturated heterocycles. The highest BCUT2D eigenvalue weighted by Gasteiger charge is 2.33. The van der Waals surface area contributed by atoms with Crippen molar-refractivity contribution in [1.29, 1.82) is 0 Å². The number of halogens is 2. The molecule has 3 atom stereocenters. The van der Waals surface area contributed by atoms with Crippen LogP contribution >= 0.6 is 23.2 Å². The maximum absolute atomic E-state index is 12.8. The lowest BCUT2D eigenvalue weighted by Crippen LogP contribution is -2.32. The van der Waals surface area contributed by atoms with E-state index >= 15 is 0 Å². The van der Waals surface area contributed by atoms with E-state index < -0.39 is 6.29 Å². The molecule has 11 heteroatoms. The largest absolute Gasteiger partial charge is 0.392 e. The van der Waals surface area contributed by atoms with Gasteiger partial charge in [0.25, 0.3) is 5.91 Å². The summed E-state index contributed by atoms with van der Waals surface area (Å²) in [5.41, 5.74) is 7.36. The van der Waals surface area contributed by atoms with Crippen LogP contribution in [0.2, 0.25) is 10.3 Å². The molecule has 3 unspecified atom stereocenters. The van der Waals surface area contributed by atoms with Crippen molar-refractivity contribution < 1.29 is 19.4 Å². The predicted molar refractivity (Wildman–Crippen MR) is 183 cm³/mol. The van der Waals surface area contributed by atoms with Gasteiger partial charge in [0.2, 0.25) is 0 Å². The minimum Gasteiger partial charge on any atom is -0.392 e. The number of hydrogen-bond donors (Lipinski definition) is 2. The molecule has 1 aliphatic rings. The lowest BCUT2D eigenvalue weighted by atomic mass is 9.99. The van der Waals surface area contributed by atoms with E-state index in [4.69, 9.17) is 32.7 Å². The number of carbonyl (C=O) groups excluding carboxylic acids is 1. The first-order chi connectivity index (χ1) is 23.4. The van der Waals surface area contributed by atoms with Gasteiger partial charge in [0.15, 0.2) is 11.4 Å². The van der Waals surface area contributed by atoms with Gasteiger partial charge < -0.3 is 24.5 Å². The maximum atomic E-state index is 12.8. The molecule has 4 aromatic carbocycles. The van der Waals surface area contributed by atoms with Crippen molar-refractivity contribution in [3.63, 3.8) is 0 Å². The normalized spacial score (nSPS) is 17.8. The lowest BCUT2D eigenvalue weighted by Gasteiger charge is -2.36. The molecule has 2 aromatic heterocycles. The Balaban J connectivity index is 1.05.